The molecule has 1 heterocycles. The van der Waals surface area contributed by atoms with Crippen LogP contribution in [0.25, 0.3) is 0 Å². The van der Waals surface area contributed by atoms with E-state index in [-0.39, 0.29) is 18.9 Å². The van der Waals surface area contributed by atoms with E-state index in [9.17, 15) is 14.4 Å². The van der Waals surface area contributed by atoms with Crippen LogP contribution in [0.4, 0.5) is 4.79 Å². The Morgan fingerprint density at radius 2 is 2.00 bits per heavy atom. The van der Waals surface area contributed by atoms with Crippen LogP contribution in [0.15, 0.2) is 0 Å². The van der Waals surface area contributed by atoms with Crippen molar-refractivity contribution in [1.29, 1.82) is 0 Å². The zero-order chi connectivity index (χ0) is 15.8. The molecule has 3 N–H and O–H groups in total. The summed E-state index contributed by atoms with van der Waals surface area (Å²) in [5, 5.41) is 20.2. The van der Waals surface area contributed by atoms with Crippen LogP contribution in [-0.2, 0) is 9.59 Å². The van der Waals surface area contributed by atoms with Crippen molar-refractivity contribution in [2.75, 3.05) is 6.54 Å². The van der Waals surface area contributed by atoms with Gasteiger partial charge in [0.2, 0.25) is 0 Å². The average molecular weight is 300 g/mol. The number of hydrogen-bond acceptors (Lipinski definition) is 3. The minimum Gasteiger partial charge on any atom is -0.481 e. The molecule has 0 radical (unpaired) electrons. The van der Waals surface area contributed by atoms with Crippen LogP contribution in [-0.4, -0.2) is 51.7 Å². The van der Waals surface area contributed by atoms with E-state index >= 15 is 0 Å². The highest BCUT2D eigenvalue weighted by Gasteiger charge is 2.29. The van der Waals surface area contributed by atoms with E-state index in [0.29, 0.717) is 6.54 Å². The van der Waals surface area contributed by atoms with Crippen molar-refractivity contribution >= 4 is 18.0 Å². The Balaban J connectivity index is 2.61. The third kappa shape index (κ3) is 5.61. The summed E-state index contributed by atoms with van der Waals surface area (Å²) in [6.45, 7) is 2.68. The molecule has 21 heavy (non-hydrogen) atoms. The molecule has 0 saturated carbocycles. The molecule has 1 aliphatic heterocycles. The molecule has 120 valence electrons. The third-order valence-corrected chi connectivity index (χ3v) is 3.75. The number of carbonyl (C=O) groups is 3. The Labute approximate surface area is 124 Å². The number of piperidine rings is 1. The Kier molecular flexibility index (Phi) is 6.98. The van der Waals surface area contributed by atoms with Crippen molar-refractivity contribution in [3.05, 3.63) is 0 Å². The van der Waals surface area contributed by atoms with Crippen molar-refractivity contribution in [2.24, 2.45) is 0 Å². The van der Waals surface area contributed by atoms with Crippen LogP contribution in [0.2, 0.25) is 0 Å². The molecule has 0 aromatic carbocycles. The number of urea groups is 1. The lowest BCUT2D eigenvalue weighted by Gasteiger charge is -2.36. The van der Waals surface area contributed by atoms with Crippen molar-refractivity contribution in [1.82, 2.24) is 10.2 Å². The highest BCUT2D eigenvalue weighted by molar-refractivity contribution is 5.83. The van der Waals surface area contributed by atoms with Crippen LogP contribution >= 0.6 is 0 Å². The summed E-state index contributed by atoms with van der Waals surface area (Å²) in [6, 6.07) is -1.40. The van der Waals surface area contributed by atoms with E-state index in [1.54, 1.807) is 4.90 Å². The molecule has 1 rings (SSSR count). The van der Waals surface area contributed by atoms with Crippen molar-refractivity contribution in [3.8, 4) is 0 Å². The number of rotatable bonds is 7. The molecule has 0 aromatic rings. The van der Waals surface area contributed by atoms with Crippen molar-refractivity contribution in [3.63, 3.8) is 0 Å². The summed E-state index contributed by atoms with van der Waals surface area (Å²) >= 11 is 0. The Morgan fingerprint density at radius 1 is 1.29 bits per heavy atom. The molecule has 7 nitrogen and oxygen atoms in total. The summed E-state index contributed by atoms with van der Waals surface area (Å²) in [5.74, 6) is -2.27. The number of likely N-dealkylation sites (tertiary alicyclic amines) is 1. The zero-order valence-electron chi connectivity index (χ0n) is 12.4. The minimum atomic E-state index is -1.20. The number of hydrogen-bond donors (Lipinski definition) is 3. The lowest BCUT2D eigenvalue weighted by Crippen LogP contribution is -2.53. The van der Waals surface area contributed by atoms with Gasteiger partial charge in [-0.05, 0) is 32.1 Å². The van der Waals surface area contributed by atoms with Crippen molar-refractivity contribution in [2.45, 2.75) is 64.0 Å². The first-order valence-electron chi connectivity index (χ1n) is 7.47. The fourth-order valence-corrected chi connectivity index (χ4v) is 2.66. The summed E-state index contributed by atoms with van der Waals surface area (Å²) < 4.78 is 0. The third-order valence-electron chi connectivity index (χ3n) is 3.75. The molecular formula is C14H24N2O5. The van der Waals surface area contributed by atoms with Gasteiger partial charge in [0.05, 0.1) is 0 Å². The number of nitrogens with one attached hydrogen (secondary N) is 1. The van der Waals surface area contributed by atoms with E-state index in [1.807, 2.05) is 0 Å². The number of aliphatic carboxylic acids is 2. The smallest absolute Gasteiger partial charge is 0.326 e. The molecule has 1 aliphatic rings. The maximum atomic E-state index is 12.2. The first kappa shape index (κ1) is 17.3. The van der Waals surface area contributed by atoms with Crippen LogP contribution in [0.1, 0.15) is 51.9 Å². The Hall–Kier alpha value is -1.79. The van der Waals surface area contributed by atoms with Crippen LogP contribution < -0.4 is 5.32 Å². The topological polar surface area (TPSA) is 107 Å². The van der Waals surface area contributed by atoms with Gasteiger partial charge in [-0.2, -0.15) is 0 Å². The van der Waals surface area contributed by atoms with E-state index in [4.69, 9.17) is 10.2 Å². The van der Waals surface area contributed by atoms with Crippen molar-refractivity contribution < 1.29 is 24.6 Å². The molecule has 0 bridgehead atoms. The van der Waals surface area contributed by atoms with Gasteiger partial charge in [-0.1, -0.05) is 13.3 Å². The second-order valence-electron chi connectivity index (χ2n) is 5.40. The van der Waals surface area contributed by atoms with E-state index in [0.717, 1.165) is 32.1 Å². The fourth-order valence-electron chi connectivity index (χ4n) is 2.66. The van der Waals surface area contributed by atoms with Crippen LogP contribution in [0, 0.1) is 0 Å². The van der Waals surface area contributed by atoms with E-state index < -0.39 is 24.0 Å². The largest absolute Gasteiger partial charge is 0.481 e. The number of amides is 2. The Morgan fingerprint density at radius 3 is 2.57 bits per heavy atom. The summed E-state index contributed by atoms with van der Waals surface area (Å²) in [6.07, 6.45) is 4.42. The molecule has 1 fully saturated rings. The highest BCUT2D eigenvalue weighted by Crippen LogP contribution is 2.21. The predicted octanol–water partition coefficient (Wildman–Crippen LogP) is 1.67. The average Bonchev–Trinajstić information content (AvgIpc) is 2.43. The number of nitrogens with zero attached hydrogens (tertiary/aromatic N) is 1. The standard InChI is InChI=1S/C14H24N2O5/c1-2-5-10-6-3-4-9-16(10)14(21)15-11(13(19)20)7-8-12(17)18/h10-11H,2-9H2,1H3,(H,15,21)(H,17,18)(H,19,20). The van der Waals surface area contributed by atoms with Crippen LogP contribution in [0.3, 0.4) is 0 Å². The number of carboxylic acids is 2. The van der Waals surface area contributed by atoms with Gasteiger partial charge in [0.15, 0.2) is 0 Å². The maximum Gasteiger partial charge on any atom is 0.326 e. The second-order valence-corrected chi connectivity index (χ2v) is 5.40. The van der Waals surface area contributed by atoms with Crippen LogP contribution in [0.5, 0.6) is 0 Å². The van der Waals surface area contributed by atoms with Gasteiger partial charge in [-0.3, -0.25) is 4.79 Å². The van der Waals surface area contributed by atoms with Gasteiger partial charge in [0.1, 0.15) is 6.04 Å². The monoisotopic (exact) mass is 300 g/mol. The lowest BCUT2D eigenvalue weighted by atomic mass is 9.98. The molecule has 2 atom stereocenters. The number of carbonyl (C=O) groups excluding carboxylic acids is 1. The van der Waals surface area contributed by atoms with E-state index in [2.05, 4.69) is 12.2 Å². The molecular weight excluding hydrogens is 276 g/mol. The van der Waals surface area contributed by atoms with E-state index in [1.165, 1.54) is 0 Å². The fraction of sp³-hybridized carbons (Fsp3) is 0.786. The van der Waals surface area contributed by atoms with Gasteiger partial charge in [0, 0.05) is 19.0 Å². The first-order chi connectivity index (χ1) is 9.95. The lowest BCUT2D eigenvalue weighted by molar-refractivity contribution is -0.140. The summed E-state index contributed by atoms with van der Waals surface area (Å²) in [7, 11) is 0. The molecule has 0 spiro atoms. The normalized spacial score (nSPS) is 19.9. The van der Waals surface area contributed by atoms with Gasteiger partial charge < -0.3 is 20.4 Å². The zero-order valence-corrected chi connectivity index (χ0v) is 12.4. The minimum absolute atomic E-state index is 0.108. The highest BCUT2D eigenvalue weighted by atomic mass is 16.4. The molecule has 2 amide bonds. The molecule has 0 aromatic heterocycles. The summed E-state index contributed by atoms with van der Waals surface area (Å²) in [5.41, 5.74) is 0. The van der Waals surface area contributed by atoms with Gasteiger partial charge in [-0.15, -0.1) is 0 Å². The molecule has 2 unspecified atom stereocenters. The van der Waals surface area contributed by atoms with Gasteiger partial charge >= 0.3 is 18.0 Å². The molecule has 0 aliphatic carbocycles. The second kappa shape index (κ2) is 8.49. The van der Waals surface area contributed by atoms with Gasteiger partial charge in [0.25, 0.3) is 0 Å². The predicted molar refractivity (Wildman–Crippen MR) is 76.1 cm³/mol. The molecule has 7 heteroatoms. The number of carboxylic acid groups (broad SMARTS) is 2. The molecule has 1 saturated heterocycles. The van der Waals surface area contributed by atoms with Gasteiger partial charge in [-0.25, -0.2) is 9.59 Å². The summed E-state index contributed by atoms with van der Waals surface area (Å²) in [4.78, 5) is 35.6. The first-order valence-corrected chi connectivity index (χ1v) is 7.47. The Bertz CT molecular complexity index is 384. The SMILES string of the molecule is CCCC1CCCCN1C(=O)NC(CCC(=O)O)C(=O)O. The quantitative estimate of drug-likeness (QED) is 0.663. The maximum absolute atomic E-state index is 12.2.